The lowest BCUT2D eigenvalue weighted by Crippen LogP contribution is -2.32. The molecule has 2 aromatic rings. The highest BCUT2D eigenvalue weighted by molar-refractivity contribution is 5.99. The molecule has 2 N–H and O–H groups in total. The predicted octanol–water partition coefficient (Wildman–Crippen LogP) is 1.66. The zero-order chi connectivity index (χ0) is 16.9. The molecule has 0 bridgehead atoms. The minimum atomic E-state index is -0.394. The van der Waals surface area contributed by atoms with Gasteiger partial charge in [-0.05, 0) is 36.4 Å². The largest absolute Gasteiger partial charge is 0.454 e. The average Bonchev–Trinajstić information content (AvgIpc) is 3.07. The number of fused-ring (bicyclic) bond motifs is 1. The molecule has 0 saturated carbocycles. The van der Waals surface area contributed by atoms with Gasteiger partial charge in [-0.2, -0.15) is 5.26 Å². The summed E-state index contributed by atoms with van der Waals surface area (Å²) in [5, 5.41) is 14.0. The molecule has 0 radical (unpaired) electrons. The summed E-state index contributed by atoms with van der Waals surface area (Å²) in [6.45, 7) is -0.0609. The summed E-state index contributed by atoms with van der Waals surface area (Å²) in [5.74, 6) is 0.301. The van der Waals surface area contributed by atoms with Crippen LogP contribution in [-0.2, 0) is 4.79 Å². The van der Waals surface area contributed by atoms with E-state index < -0.39 is 5.91 Å². The number of ether oxygens (including phenoxy) is 2. The first-order chi connectivity index (χ1) is 11.7. The number of hydrogen-bond acceptors (Lipinski definition) is 5. The van der Waals surface area contributed by atoms with Crippen molar-refractivity contribution in [2.24, 2.45) is 0 Å². The van der Waals surface area contributed by atoms with Crippen molar-refractivity contribution in [2.75, 3.05) is 18.7 Å². The van der Waals surface area contributed by atoms with Crippen molar-refractivity contribution in [1.82, 2.24) is 5.32 Å². The van der Waals surface area contributed by atoms with Crippen LogP contribution in [0.3, 0.4) is 0 Å². The number of amides is 2. The van der Waals surface area contributed by atoms with Gasteiger partial charge in [-0.25, -0.2) is 0 Å². The van der Waals surface area contributed by atoms with E-state index in [0.717, 1.165) is 0 Å². The maximum Gasteiger partial charge on any atom is 0.251 e. The number of nitrogens with one attached hydrogen (secondary N) is 2. The Balaban J connectivity index is 1.56. The first-order valence-corrected chi connectivity index (χ1v) is 7.13. The van der Waals surface area contributed by atoms with Crippen LogP contribution in [-0.4, -0.2) is 25.2 Å². The predicted molar refractivity (Wildman–Crippen MR) is 84.7 cm³/mol. The number of carbonyl (C=O) groups excluding carboxylic acids is 2. The van der Waals surface area contributed by atoms with Crippen LogP contribution < -0.4 is 20.1 Å². The van der Waals surface area contributed by atoms with Gasteiger partial charge in [0.25, 0.3) is 5.91 Å². The smallest absolute Gasteiger partial charge is 0.251 e. The Labute approximate surface area is 137 Å². The summed E-state index contributed by atoms with van der Waals surface area (Å²) >= 11 is 0. The van der Waals surface area contributed by atoms with Crippen LogP contribution in [0.1, 0.15) is 15.9 Å². The SMILES string of the molecule is N#Cc1cccc(NC(=O)CNC(=O)c2ccc3c(c2)OCO3)c1. The molecule has 2 aromatic carbocycles. The molecule has 0 aromatic heterocycles. The summed E-state index contributed by atoms with van der Waals surface area (Å²) in [7, 11) is 0. The fourth-order valence-electron chi connectivity index (χ4n) is 2.17. The van der Waals surface area contributed by atoms with Crippen molar-refractivity contribution in [1.29, 1.82) is 5.26 Å². The highest BCUT2D eigenvalue weighted by Gasteiger charge is 2.16. The quantitative estimate of drug-likeness (QED) is 0.891. The van der Waals surface area contributed by atoms with Crippen LogP contribution in [0.5, 0.6) is 11.5 Å². The first-order valence-electron chi connectivity index (χ1n) is 7.13. The summed E-state index contributed by atoms with van der Waals surface area (Å²) < 4.78 is 10.4. The van der Waals surface area contributed by atoms with Crippen molar-refractivity contribution >= 4 is 17.5 Å². The van der Waals surface area contributed by atoms with Gasteiger partial charge in [0.2, 0.25) is 12.7 Å². The number of anilines is 1. The molecule has 2 amide bonds. The third kappa shape index (κ3) is 3.44. The van der Waals surface area contributed by atoms with Gasteiger partial charge in [0.05, 0.1) is 18.2 Å². The molecule has 7 nitrogen and oxygen atoms in total. The van der Waals surface area contributed by atoms with E-state index in [9.17, 15) is 9.59 Å². The Morgan fingerprint density at radius 2 is 1.96 bits per heavy atom. The van der Waals surface area contributed by atoms with E-state index >= 15 is 0 Å². The summed E-state index contributed by atoms with van der Waals surface area (Å²) in [5.41, 5.74) is 1.31. The first kappa shape index (κ1) is 15.4. The summed E-state index contributed by atoms with van der Waals surface area (Å²) in [6, 6.07) is 13.3. The van der Waals surface area contributed by atoms with E-state index in [1.165, 1.54) is 0 Å². The molecule has 3 rings (SSSR count). The van der Waals surface area contributed by atoms with Crippen molar-refractivity contribution in [2.45, 2.75) is 0 Å². The van der Waals surface area contributed by atoms with Crippen LogP contribution in [0, 0.1) is 11.3 Å². The zero-order valence-electron chi connectivity index (χ0n) is 12.5. The average molecular weight is 323 g/mol. The number of nitriles is 1. The van der Waals surface area contributed by atoms with E-state index in [4.69, 9.17) is 14.7 Å². The van der Waals surface area contributed by atoms with Gasteiger partial charge in [0.1, 0.15) is 0 Å². The zero-order valence-corrected chi connectivity index (χ0v) is 12.5. The van der Waals surface area contributed by atoms with Crippen molar-refractivity contribution in [3.8, 4) is 17.6 Å². The van der Waals surface area contributed by atoms with Crippen molar-refractivity contribution < 1.29 is 19.1 Å². The van der Waals surface area contributed by atoms with E-state index in [1.54, 1.807) is 42.5 Å². The minimum Gasteiger partial charge on any atom is -0.454 e. The van der Waals surface area contributed by atoms with Crippen LogP contribution in [0.25, 0.3) is 0 Å². The maximum absolute atomic E-state index is 12.1. The molecule has 24 heavy (non-hydrogen) atoms. The minimum absolute atomic E-state index is 0.130. The highest BCUT2D eigenvalue weighted by atomic mass is 16.7. The third-order valence-electron chi connectivity index (χ3n) is 3.32. The fraction of sp³-hybridized carbons (Fsp3) is 0.118. The molecule has 7 heteroatoms. The topological polar surface area (TPSA) is 100 Å². The number of rotatable bonds is 4. The fourth-order valence-corrected chi connectivity index (χ4v) is 2.17. The normalized spacial score (nSPS) is 11.5. The van der Waals surface area contributed by atoms with Crippen LogP contribution in [0.4, 0.5) is 5.69 Å². The van der Waals surface area contributed by atoms with E-state index in [0.29, 0.717) is 28.3 Å². The van der Waals surface area contributed by atoms with Crippen LogP contribution >= 0.6 is 0 Å². The van der Waals surface area contributed by atoms with Gasteiger partial charge in [-0.15, -0.1) is 0 Å². The van der Waals surface area contributed by atoms with E-state index in [2.05, 4.69) is 10.6 Å². The second-order valence-corrected chi connectivity index (χ2v) is 4.99. The van der Waals surface area contributed by atoms with E-state index in [-0.39, 0.29) is 19.2 Å². The molecule has 1 aliphatic heterocycles. The lowest BCUT2D eigenvalue weighted by molar-refractivity contribution is -0.115. The van der Waals surface area contributed by atoms with Gasteiger partial charge in [0, 0.05) is 11.3 Å². The van der Waals surface area contributed by atoms with Crippen molar-refractivity contribution in [3.63, 3.8) is 0 Å². The van der Waals surface area contributed by atoms with Crippen molar-refractivity contribution in [3.05, 3.63) is 53.6 Å². The molecule has 0 fully saturated rings. The van der Waals surface area contributed by atoms with Gasteiger partial charge in [-0.1, -0.05) is 6.07 Å². The van der Waals surface area contributed by atoms with Gasteiger partial charge in [-0.3, -0.25) is 9.59 Å². The Hall–Kier alpha value is -3.53. The van der Waals surface area contributed by atoms with Crippen LogP contribution in [0.2, 0.25) is 0 Å². The molecule has 0 spiro atoms. The number of nitrogens with zero attached hydrogens (tertiary/aromatic N) is 1. The molecule has 1 heterocycles. The summed E-state index contributed by atoms with van der Waals surface area (Å²) in [6.07, 6.45) is 0. The van der Waals surface area contributed by atoms with E-state index in [1.807, 2.05) is 6.07 Å². The number of carbonyl (C=O) groups is 2. The number of hydrogen-bond donors (Lipinski definition) is 2. The third-order valence-corrected chi connectivity index (χ3v) is 3.32. The van der Waals surface area contributed by atoms with Gasteiger partial charge in [0.15, 0.2) is 11.5 Å². The second kappa shape index (κ2) is 6.71. The highest BCUT2D eigenvalue weighted by Crippen LogP contribution is 2.32. The molecule has 120 valence electrons. The molecular weight excluding hydrogens is 310 g/mol. The molecular formula is C17H13N3O4. The molecule has 0 aliphatic carbocycles. The monoisotopic (exact) mass is 323 g/mol. The number of benzene rings is 2. The lowest BCUT2D eigenvalue weighted by atomic mass is 10.2. The van der Waals surface area contributed by atoms with Gasteiger partial charge >= 0.3 is 0 Å². The Morgan fingerprint density at radius 3 is 2.79 bits per heavy atom. The van der Waals surface area contributed by atoms with Gasteiger partial charge < -0.3 is 20.1 Å². The summed E-state index contributed by atoms with van der Waals surface area (Å²) in [4.78, 5) is 24.0. The standard InChI is InChI=1S/C17H13N3O4/c18-8-11-2-1-3-13(6-11)20-16(21)9-19-17(22)12-4-5-14-15(7-12)24-10-23-14/h1-7H,9-10H2,(H,19,22)(H,20,21). The Morgan fingerprint density at radius 1 is 1.12 bits per heavy atom. The Kier molecular flexibility index (Phi) is 4.29. The molecule has 1 aliphatic rings. The molecule has 0 unspecified atom stereocenters. The van der Waals surface area contributed by atoms with Crippen LogP contribution in [0.15, 0.2) is 42.5 Å². The lowest BCUT2D eigenvalue weighted by Gasteiger charge is -2.07. The second-order valence-electron chi connectivity index (χ2n) is 4.99. The Bertz CT molecular complexity index is 842. The maximum atomic E-state index is 12.1. The molecule has 0 saturated heterocycles. The molecule has 0 atom stereocenters.